The van der Waals surface area contributed by atoms with E-state index < -0.39 is 5.82 Å². The van der Waals surface area contributed by atoms with Gasteiger partial charge in [-0.3, -0.25) is 4.79 Å². The standard InChI is InChI=1S/C18H11FN2O3/c19-14-7-11(1-4-15(14)21-6-5-20-10-21)8-17-18(23)13-3-2-12(22)9-16(13)24-17/h1-10,22H/b17-8-. The van der Waals surface area contributed by atoms with Gasteiger partial charge >= 0.3 is 0 Å². The highest BCUT2D eigenvalue weighted by atomic mass is 19.1. The minimum absolute atomic E-state index is 0.0125. The number of Topliss-reactive ketones (excluding diaryl/α,β-unsaturated/α-hetero) is 1. The van der Waals surface area contributed by atoms with Gasteiger partial charge < -0.3 is 14.4 Å². The number of halogens is 1. The third-order valence-electron chi connectivity index (χ3n) is 3.71. The highest BCUT2D eigenvalue weighted by molar-refractivity contribution is 6.14. The lowest BCUT2D eigenvalue weighted by Gasteiger charge is -2.05. The van der Waals surface area contributed by atoms with E-state index in [-0.39, 0.29) is 17.3 Å². The van der Waals surface area contributed by atoms with Crippen LogP contribution < -0.4 is 4.74 Å². The molecule has 24 heavy (non-hydrogen) atoms. The van der Waals surface area contributed by atoms with Gasteiger partial charge in [0.1, 0.15) is 17.3 Å². The number of nitrogens with zero attached hydrogens (tertiary/aromatic N) is 2. The number of hydrogen-bond donors (Lipinski definition) is 1. The number of allylic oxidation sites excluding steroid dienone is 1. The fourth-order valence-electron chi connectivity index (χ4n) is 2.55. The van der Waals surface area contributed by atoms with Gasteiger partial charge in [-0.2, -0.15) is 0 Å². The third kappa shape index (κ3) is 2.34. The number of hydrogen-bond acceptors (Lipinski definition) is 4. The molecule has 1 aromatic heterocycles. The van der Waals surface area contributed by atoms with Crippen molar-refractivity contribution < 1.29 is 19.0 Å². The molecule has 0 fully saturated rings. The minimum Gasteiger partial charge on any atom is -0.508 e. The van der Waals surface area contributed by atoms with Gasteiger partial charge in [-0.05, 0) is 35.9 Å². The van der Waals surface area contributed by atoms with Gasteiger partial charge in [-0.15, -0.1) is 0 Å². The van der Waals surface area contributed by atoms with Gasteiger partial charge in [-0.1, -0.05) is 6.07 Å². The number of aromatic hydroxyl groups is 1. The normalized spacial score (nSPS) is 14.7. The van der Waals surface area contributed by atoms with Crippen LogP contribution in [0.15, 0.2) is 60.9 Å². The fourth-order valence-corrected chi connectivity index (χ4v) is 2.55. The molecule has 0 spiro atoms. The van der Waals surface area contributed by atoms with E-state index >= 15 is 0 Å². The average molecular weight is 322 g/mol. The molecule has 0 amide bonds. The summed E-state index contributed by atoms with van der Waals surface area (Å²) in [6, 6.07) is 8.89. The van der Waals surface area contributed by atoms with Crippen LogP contribution in [0.1, 0.15) is 15.9 Å². The monoisotopic (exact) mass is 322 g/mol. The van der Waals surface area contributed by atoms with Crippen molar-refractivity contribution in [2.45, 2.75) is 0 Å². The molecule has 0 atom stereocenters. The zero-order valence-corrected chi connectivity index (χ0v) is 12.3. The van der Waals surface area contributed by atoms with Crippen molar-refractivity contribution >= 4 is 11.9 Å². The van der Waals surface area contributed by atoms with Gasteiger partial charge in [0.2, 0.25) is 5.78 Å². The Balaban J connectivity index is 1.68. The van der Waals surface area contributed by atoms with Crippen molar-refractivity contribution in [1.82, 2.24) is 9.55 Å². The van der Waals surface area contributed by atoms with Gasteiger partial charge in [0, 0.05) is 18.5 Å². The first-order valence-corrected chi connectivity index (χ1v) is 7.17. The predicted molar refractivity (Wildman–Crippen MR) is 84.6 cm³/mol. The van der Waals surface area contributed by atoms with Crippen LogP contribution in [0.25, 0.3) is 11.8 Å². The topological polar surface area (TPSA) is 64.4 Å². The van der Waals surface area contributed by atoms with Crippen molar-refractivity contribution in [3.8, 4) is 17.2 Å². The van der Waals surface area contributed by atoms with E-state index in [0.29, 0.717) is 22.6 Å². The van der Waals surface area contributed by atoms with Crippen molar-refractivity contribution in [2.24, 2.45) is 0 Å². The summed E-state index contributed by atoms with van der Waals surface area (Å²) < 4.78 is 21.3. The molecule has 6 heteroatoms. The van der Waals surface area contributed by atoms with E-state index in [2.05, 4.69) is 4.98 Å². The van der Waals surface area contributed by atoms with Crippen molar-refractivity contribution in [1.29, 1.82) is 0 Å². The Labute approximate surface area is 136 Å². The number of ether oxygens (including phenoxy) is 1. The summed E-state index contributed by atoms with van der Waals surface area (Å²) >= 11 is 0. The summed E-state index contributed by atoms with van der Waals surface area (Å²) in [4.78, 5) is 16.2. The molecule has 0 radical (unpaired) electrons. The van der Waals surface area contributed by atoms with E-state index in [1.54, 1.807) is 29.1 Å². The van der Waals surface area contributed by atoms with Crippen LogP contribution in [0.5, 0.6) is 11.5 Å². The summed E-state index contributed by atoms with van der Waals surface area (Å²) in [5.74, 6) is -0.349. The Hall–Kier alpha value is -3.41. The number of imidazole rings is 1. The van der Waals surface area contributed by atoms with Crippen LogP contribution in [0.4, 0.5) is 4.39 Å². The smallest absolute Gasteiger partial charge is 0.231 e. The largest absolute Gasteiger partial charge is 0.508 e. The number of aromatic nitrogens is 2. The molecule has 5 nitrogen and oxygen atoms in total. The molecular weight excluding hydrogens is 311 g/mol. The van der Waals surface area contributed by atoms with Gasteiger partial charge in [-0.25, -0.2) is 9.37 Å². The minimum atomic E-state index is -0.442. The lowest BCUT2D eigenvalue weighted by atomic mass is 10.1. The number of carbonyl (C=O) groups excluding carboxylic acids is 1. The molecule has 2 aromatic carbocycles. The molecule has 1 aliphatic rings. The molecule has 0 saturated heterocycles. The van der Waals surface area contributed by atoms with Crippen LogP contribution in [0, 0.1) is 5.82 Å². The van der Waals surface area contributed by atoms with E-state index in [9.17, 15) is 14.3 Å². The van der Waals surface area contributed by atoms with Crippen LogP contribution >= 0.6 is 0 Å². The summed E-state index contributed by atoms with van der Waals surface area (Å²) in [5.41, 5.74) is 1.23. The molecule has 1 aliphatic heterocycles. The van der Waals surface area contributed by atoms with Crippen molar-refractivity contribution in [3.63, 3.8) is 0 Å². The second-order valence-corrected chi connectivity index (χ2v) is 5.30. The van der Waals surface area contributed by atoms with Gasteiger partial charge in [0.25, 0.3) is 0 Å². The predicted octanol–water partition coefficient (Wildman–Crippen LogP) is 3.33. The molecule has 2 heterocycles. The lowest BCUT2D eigenvalue weighted by Crippen LogP contribution is -1.99. The van der Waals surface area contributed by atoms with E-state index in [1.807, 2.05) is 0 Å². The summed E-state index contributed by atoms with van der Waals surface area (Å²) in [6.45, 7) is 0. The van der Waals surface area contributed by atoms with E-state index in [0.717, 1.165) is 0 Å². The highest BCUT2D eigenvalue weighted by Gasteiger charge is 2.27. The quantitative estimate of drug-likeness (QED) is 0.735. The maximum Gasteiger partial charge on any atom is 0.231 e. The molecule has 0 bridgehead atoms. The fraction of sp³-hybridized carbons (Fsp3) is 0. The van der Waals surface area contributed by atoms with Crippen LogP contribution in [-0.4, -0.2) is 20.4 Å². The summed E-state index contributed by atoms with van der Waals surface area (Å²) in [6.07, 6.45) is 6.18. The second kappa shape index (κ2) is 5.34. The highest BCUT2D eigenvalue weighted by Crippen LogP contribution is 2.34. The molecule has 0 saturated carbocycles. The Morgan fingerprint density at radius 1 is 1.21 bits per heavy atom. The Kier molecular flexibility index (Phi) is 3.16. The molecule has 3 aromatic rings. The Bertz CT molecular complexity index is 978. The zero-order valence-electron chi connectivity index (χ0n) is 12.3. The Morgan fingerprint density at radius 2 is 2.08 bits per heavy atom. The average Bonchev–Trinajstić information content (AvgIpc) is 3.17. The molecule has 0 unspecified atom stereocenters. The zero-order chi connectivity index (χ0) is 16.7. The molecule has 0 aliphatic carbocycles. The number of benzene rings is 2. The number of fused-ring (bicyclic) bond motifs is 1. The molecule has 118 valence electrons. The molecule has 4 rings (SSSR count). The molecular formula is C18H11FN2O3. The maximum atomic E-state index is 14.3. The second-order valence-electron chi connectivity index (χ2n) is 5.30. The first kappa shape index (κ1) is 14.2. The maximum absolute atomic E-state index is 14.3. The van der Waals surface area contributed by atoms with Gasteiger partial charge in [0.05, 0.1) is 17.6 Å². The lowest BCUT2D eigenvalue weighted by molar-refractivity contribution is 0.101. The SMILES string of the molecule is O=C1/C(=C/c2ccc(-n3ccnc3)c(F)c2)Oc2cc(O)ccc21. The first-order valence-electron chi connectivity index (χ1n) is 7.17. The number of phenolic OH excluding ortho intramolecular Hbond substituents is 1. The van der Waals surface area contributed by atoms with Gasteiger partial charge in [0.15, 0.2) is 5.76 Å². The first-order chi connectivity index (χ1) is 11.6. The number of ketones is 1. The third-order valence-corrected chi connectivity index (χ3v) is 3.71. The number of phenols is 1. The molecule has 1 N–H and O–H groups in total. The van der Waals surface area contributed by atoms with Crippen LogP contribution in [0.2, 0.25) is 0 Å². The number of carbonyl (C=O) groups is 1. The summed E-state index contributed by atoms with van der Waals surface area (Å²) in [7, 11) is 0. The van der Waals surface area contributed by atoms with Crippen LogP contribution in [0.3, 0.4) is 0 Å². The van der Waals surface area contributed by atoms with Crippen molar-refractivity contribution in [3.05, 3.63) is 77.8 Å². The van der Waals surface area contributed by atoms with Crippen molar-refractivity contribution in [2.75, 3.05) is 0 Å². The number of rotatable bonds is 2. The van der Waals surface area contributed by atoms with Crippen LogP contribution in [-0.2, 0) is 0 Å². The van der Waals surface area contributed by atoms with E-state index in [1.165, 1.54) is 36.7 Å². The summed E-state index contributed by atoms with van der Waals surface area (Å²) in [5, 5.41) is 9.45. The Morgan fingerprint density at radius 3 is 2.83 bits per heavy atom. The van der Waals surface area contributed by atoms with E-state index in [4.69, 9.17) is 4.74 Å².